The lowest BCUT2D eigenvalue weighted by atomic mass is 10.0. The van der Waals surface area contributed by atoms with Crippen LogP contribution in [0.1, 0.15) is 323 Å². The minimum atomic E-state index is -0.760. The highest BCUT2D eigenvalue weighted by atomic mass is 16.6. The first-order valence-electron chi connectivity index (χ1n) is 28.4. The topological polar surface area (TPSA) is 78.9 Å². The molecule has 0 aliphatic heterocycles. The lowest BCUT2D eigenvalue weighted by Gasteiger charge is -2.18. The lowest BCUT2D eigenvalue weighted by molar-refractivity contribution is -0.167. The van der Waals surface area contributed by atoms with E-state index in [1.54, 1.807) is 0 Å². The van der Waals surface area contributed by atoms with Crippen molar-refractivity contribution in [2.24, 2.45) is 5.92 Å². The molecule has 1 atom stereocenters. The van der Waals surface area contributed by atoms with Crippen molar-refractivity contribution in [2.75, 3.05) is 13.2 Å². The number of carbonyl (C=O) groups is 3. The maximum atomic E-state index is 12.8. The molecule has 0 fully saturated rings. The molecule has 0 unspecified atom stereocenters. The molecule has 6 heteroatoms. The normalized spacial score (nSPS) is 12.0. The van der Waals surface area contributed by atoms with E-state index in [4.69, 9.17) is 14.2 Å². The van der Waals surface area contributed by atoms with Gasteiger partial charge < -0.3 is 14.2 Å². The Morgan fingerprint density at radius 3 is 0.778 bits per heavy atom. The van der Waals surface area contributed by atoms with Crippen LogP contribution in [0.4, 0.5) is 0 Å². The van der Waals surface area contributed by atoms with Crippen LogP contribution in [0.2, 0.25) is 0 Å². The summed E-state index contributed by atoms with van der Waals surface area (Å²) in [7, 11) is 0. The van der Waals surface area contributed by atoms with Crippen molar-refractivity contribution in [3.63, 3.8) is 0 Å². The van der Waals surface area contributed by atoms with Crippen LogP contribution in [0.3, 0.4) is 0 Å². The zero-order valence-electron chi connectivity index (χ0n) is 43.0. The van der Waals surface area contributed by atoms with Gasteiger partial charge in [0.05, 0.1) is 0 Å². The van der Waals surface area contributed by atoms with Crippen molar-refractivity contribution < 1.29 is 28.6 Å². The first kappa shape index (κ1) is 61.4. The highest BCUT2D eigenvalue weighted by Crippen LogP contribution is 2.18. The molecule has 0 radical (unpaired) electrons. The fourth-order valence-electron chi connectivity index (χ4n) is 8.75. The quantitative estimate of drug-likeness (QED) is 0.0344. The third-order valence-corrected chi connectivity index (χ3v) is 13.0. The molecule has 0 aliphatic carbocycles. The molecule has 0 heterocycles. The van der Waals surface area contributed by atoms with Gasteiger partial charge in [0, 0.05) is 19.3 Å². The maximum absolute atomic E-state index is 12.8. The molecule has 374 valence electrons. The fourth-order valence-corrected chi connectivity index (χ4v) is 8.75. The summed E-state index contributed by atoms with van der Waals surface area (Å²) in [6, 6.07) is 0. The Labute approximate surface area is 393 Å². The number of unbranched alkanes of at least 4 members (excludes halogenated alkanes) is 39. The van der Waals surface area contributed by atoms with Crippen LogP contribution >= 0.6 is 0 Å². The second-order valence-electron chi connectivity index (χ2n) is 20.1. The van der Waals surface area contributed by atoms with Gasteiger partial charge in [0.15, 0.2) is 6.10 Å². The standard InChI is InChI=1S/C57H110O6/c1-5-7-9-11-13-15-16-17-22-27-30-34-38-42-46-50-57(60)63-54(51-61-55(58)48-44-40-36-31-14-12-10-8-6-2)52-62-56(59)49-45-41-37-33-29-26-24-21-19-18-20-23-25-28-32-35-39-43-47-53(3)4/h53-54H,5-52H2,1-4H3/t54-/m0/s1. The third-order valence-electron chi connectivity index (χ3n) is 13.0. The Morgan fingerprint density at radius 2 is 0.524 bits per heavy atom. The Kier molecular flexibility index (Phi) is 50.1. The number of ether oxygens (including phenoxy) is 3. The van der Waals surface area contributed by atoms with E-state index < -0.39 is 6.10 Å². The van der Waals surface area contributed by atoms with Crippen molar-refractivity contribution in [3.8, 4) is 0 Å². The highest BCUT2D eigenvalue weighted by Gasteiger charge is 2.19. The summed E-state index contributed by atoms with van der Waals surface area (Å²) in [5.74, 6) is 0.0189. The van der Waals surface area contributed by atoms with E-state index in [1.807, 2.05) is 0 Å². The Bertz CT molecular complexity index is 949. The van der Waals surface area contributed by atoms with Crippen molar-refractivity contribution in [1.29, 1.82) is 0 Å². The van der Waals surface area contributed by atoms with Gasteiger partial charge in [-0.05, 0) is 25.2 Å². The summed E-state index contributed by atoms with van der Waals surface area (Å²) in [6.07, 6.45) is 55.3. The average molecular weight is 892 g/mol. The van der Waals surface area contributed by atoms with E-state index in [2.05, 4.69) is 27.7 Å². The summed E-state index contributed by atoms with van der Waals surface area (Å²) in [5.41, 5.74) is 0. The van der Waals surface area contributed by atoms with Crippen molar-refractivity contribution in [1.82, 2.24) is 0 Å². The van der Waals surface area contributed by atoms with Crippen molar-refractivity contribution in [3.05, 3.63) is 0 Å². The Hall–Kier alpha value is -1.59. The Balaban J connectivity index is 4.18. The molecule has 0 saturated heterocycles. The molecule has 0 spiro atoms. The van der Waals surface area contributed by atoms with Gasteiger partial charge in [-0.3, -0.25) is 14.4 Å². The molecule has 0 amide bonds. The summed E-state index contributed by atoms with van der Waals surface area (Å²) >= 11 is 0. The third kappa shape index (κ3) is 51.3. The number of esters is 3. The summed E-state index contributed by atoms with van der Waals surface area (Å²) < 4.78 is 16.8. The molecule has 0 rings (SSSR count). The van der Waals surface area contributed by atoms with Crippen molar-refractivity contribution in [2.45, 2.75) is 329 Å². The van der Waals surface area contributed by atoms with E-state index in [0.29, 0.717) is 19.3 Å². The zero-order valence-corrected chi connectivity index (χ0v) is 43.0. The molecule has 0 aromatic carbocycles. The van der Waals surface area contributed by atoms with Gasteiger partial charge in [0.25, 0.3) is 0 Å². The van der Waals surface area contributed by atoms with E-state index in [1.165, 1.54) is 218 Å². The van der Waals surface area contributed by atoms with Crippen LogP contribution in [0, 0.1) is 5.92 Å². The minimum absolute atomic E-state index is 0.0621. The molecule has 0 N–H and O–H groups in total. The average Bonchev–Trinajstić information content (AvgIpc) is 3.27. The largest absolute Gasteiger partial charge is 0.462 e. The van der Waals surface area contributed by atoms with Gasteiger partial charge in [-0.1, -0.05) is 285 Å². The monoisotopic (exact) mass is 891 g/mol. The zero-order chi connectivity index (χ0) is 45.9. The fraction of sp³-hybridized carbons (Fsp3) is 0.947. The predicted octanol–water partition coefficient (Wildman–Crippen LogP) is 18.6. The highest BCUT2D eigenvalue weighted by molar-refractivity contribution is 5.71. The molecule has 63 heavy (non-hydrogen) atoms. The second-order valence-corrected chi connectivity index (χ2v) is 20.1. The van der Waals surface area contributed by atoms with Gasteiger partial charge in [0.1, 0.15) is 13.2 Å². The van der Waals surface area contributed by atoms with Crippen molar-refractivity contribution >= 4 is 17.9 Å². The predicted molar refractivity (Wildman–Crippen MR) is 270 cm³/mol. The van der Waals surface area contributed by atoms with Gasteiger partial charge in [-0.25, -0.2) is 0 Å². The molecule has 6 nitrogen and oxygen atoms in total. The minimum Gasteiger partial charge on any atom is -0.462 e. The first-order valence-corrected chi connectivity index (χ1v) is 28.4. The van der Waals surface area contributed by atoms with Crippen LogP contribution < -0.4 is 0 Å². The van der Waals surface area contributed by atoms with Gasteiger partial charge in [-0.15, -0.1) is 0 Å². The first-order chi connectivity index (χ1) is 30.9. The second kappa shape index (κ2) is 51.4. The van der Waals surface area contributed by atoms with Gasteiger partial charge >= 0.3 is 17.9 Å². The van der Waals surface area contributed by atoms with Crippen LogP contribution in [0.25, 0.3) is 0 Å². The molecule has 0 aromatic heterocycles. The molecule has 0 aliphatic rings. The van der Waals surface area contributed by atoms with E-state index >= 15 is 0 Å². The molecule has 0 bridgehead atoms. The number of carbonyl (C=O) groups excluding carboxylic acids is 3. The summed E-state index contributed by atoms with van der Waals surface area (Å²) in [6.45, 7) is 9.05. The van der Waals surface area contributed by atoms with Crippen LogP contribution in [-0.4, -0.2) is 37.2 Å². The van der Waals surface area contributed by atoms with Crippen LogP contribution in [-0.2, 0) is 28.6 Å². The summed E-state index contributed by atoms with van der Waals surface area (Å²) in [5, 5.41) is 0. The van der Waals surface area contributed by atoms with E-state index in [0.717, 1.165) is 63.7 Å². The van der Waals surface area contributed by atoms with Gasteiger partial charge in [0.2, 0.25) is 0 Å². The maximum Gasteiger partial charge on any atom is 0.306 e. The SMILES string of the molecule is CCCCCCCCCCCCCCCCCC(=O)O[C@@H](COC(=O)CCCCCCCCCCC)COC(=O)CCCCCCCCCCCCCCCCCCCCC(C)C. The molecular formula is C57H110O6. The molecule has 0 aromatic rings. The number of hydrogen-bond acceptors (Lipinski definition) is 6. The Morgan fingerprint density at radius 1 is 0.302 bits per heavy atom. The summed E-state index contributed by atoms with van der Waals surface area (Å²) in [4.78, 5) is 38.0. The molecule has 0 saturated carbocycles. The van der Waals surface area contributed by atoms with Crippen LogP contribution in [0.15, 0.2) is 0 Å². The smallest absolute Gasteiger partial charge is 0.306 e. The van der Waals surface area contributed by atoms with E-state index in [-0.39, 0.29) is 31.1 Å². The van der Waals surface area contributed by atoms with Crippen LogP contribution in [0.5, 0.6) is 0 Å². The molecular weight excluding hydrogens is 781 g/mol. The number of hydrogen-bond donors (Lipinski definition) is 0. The van der Waals surface area contributed by atoms with Gasteiger partial charge in [-0.2, -0.15) is 0 Å². The lowest BCUT2D eigenvalue weighted by Crippen LogP contribution is -2.30. The number of rotatable bonds is 52. The van der Waals surface area contributed by atoms with E-state index in [9.17, 15) is 14.4 Å².